The van der Waals surface area contributed by atoms with Gasteiger partial charge in [0, 0.05) is 12.0 Å². The number of ketones is 1. The van der Waals surface area contributed by atoms with E-state index in [1.165, 1.54) is 0 Å². The summed E-state index contributed by atoms with van der Waals surface area (Å²) in [5, 5.41) is 11.3. The lowest BCUT2D eigenvalue weighted by atomic mass is 9.82. The number of hydrogen-bond acceptors (Lipinski definition) is 6. The van der Waals surface area contributed by atoms with Crippen LogP contribution in [0.5, 0.6) is 0 Å². The van der Waals surface area contributed by atoms with Crippen molar-refractivity contribution in [3.8, 4) is 0 Å². The van der Waals surface area contributed by atoms with Gasteiger partial charge in [-0.25, -0.2) is 0 Å². The van der Waals surface area contributed by atoms with Gasteiger partial charge in [-0.1, -0.05) is 36.5 Å². The zero-order valence-corrected chi connectivity index (χ0v) is 20.3. The van der Waals surface area contributed by atoms with Crippen LogP contribution in [0.25, 0.3) is 0 Å². The summed E-state index contributed by atoms with van der Waals surface area (Å²) in [6.07, 6.45) is 4.40. The third kappa shape index (κ3) is 4.22. The Kier molecular flexibility index (Phi) is 6.77. The van der Waals surface area contributed by atoms with Crippen molar-refractivity contribution < 1.29 is 29.0 Å². The number of carbonyl (C=O) groups is 3. The van der Waals surface area contributed by atoms with Gasteiger partial charge in [0.1, 0.15) is 0 Å². The lowest BCUT2D eigenvalue weighted by Crippen LogP contribution is -2.40. The van der Waals surface area contributed by atoms with Crippen molar-refractivity contribution >= 4 is 25.8 Å². The van der Waals surface area contributed by atoms with E-state index >= 15 is 0 Å². The largest absolute Gasteiger partial charge is 0.465 e. The zero-order chi connectivity index (χ0) is 23.0. The summed E-state index contributed by atoms with van der Waals surface area (Å²) >= 11 is 0. The van der Waals surface area contributed by atoms with Crippen molar-refractivity contribution in [2.24, 2.45) is 11.3 Å². The van der Waals surface area contributed by atoms with Crippen molar-refractivity contribution in [2.45, 2.75) is 65.6 Å². The molecule has 0 aliphatic heterocycles. The maximum absolute atomic E-state index is 13.0. The molecule has 6 nitrogen and oxygen atoms in total. The Balaban J connectivity index is 2.14. The maximum atomic E-state index is 13.0. The molecule has 0 unspecified atom stereocenters. The van der Waals surface area contributed by atoms with Crippen LogP contribution in [-0.4, -0.2) is 50.7 Å². The van der Waals surface area contributed by atoms with Crippen LogP contribution >= 0.6 is 0 Å². The second-order valence-electron chi connectivity index (χ2n) is 9.73. The Morgan fingerprint density at radius 2 is 1.74 bits per heavy atom. The topological polar surface area (TPSA) is 89.9 Å². The molecule has 0 aromatic carbocycles. The van der Waals surface area contributed by atoms with Gasteiger partial charge in [0.25, 0.3) is 0 Å². The highest BCUT2D eigenvalue weighted by atomic mass is 28.3. The average molecular weight is 447 g/mol. The van der Waals surface area contributed by atoms with E-state index in [0.717, 1.165) is 33.9 Å². The van der Waals surface area contributed by atoms with Gasteiger partial charge >= 0.3 is 11.9 Å². The monoisotopic (exact) mass is 446 g/mol. The first-order valence-corrected chi connectivity index (χ1v) is 14.7. The number of hydrogen-bond donors (Lipinski definition) is 1. The summed E-state index contributed by atoms with van der Waals surface area (Å²) in [5.41, 5.74) is 2.15. The van der Waals surface area contributed by atoms with E-state index in [-0.39, 0.29) is 44.4 Å². The minimum atomic E-state index is -1.95. The van der Waals surface area contributed by atoms with E-state index in [1.807, 2.05) is 0 Å². The van der Waals surface area contributed by atoms with Crippen molar-refractivity contribution in [2.75, 3.05) is 19.8 Å². The molecule has 0 saturated heterocycles. The van der Waals surface area contributed by atoms with Crippen molar-refractivity contribution in [1.29, 1.82) is 0 Å². The molecule has 1 fully saturated rings. The molecule has 31 heavy (non-hydrogen) atoms. The zero-order valence-electron chi connectivity index (χ0n) is 19.3. The number of aliphatic hydroxyl groups is 1. The van der Waals surface area contributed by atoms with E-state index in [9.17, 15) is 19.5 Å². The maximum Gasteiger partial charge on any atom is 0.324 e. The van der Waals surface area contributed by atoms with Gasteiger partial charge in [0.05, 0.1) is 27.9 Å². The van der Waals surface area contributed by atoms with Crippen molar-refractivity contribution in [3.05, 3.63) is 33.6 Å². The van der Waals surface area contributed by atoms with Crippen LogP contribution in [0.3, 0.4) is 0 Å². The second-order valence-corrected chi connectivity index (χ2v) is 14.8. The van der Waals surface area contributed by atoms with Crippen LogP contribution < -0.4 is 0 Å². The molecular formula is C24H34O6Si. The number of aliphatic hydroxyl groups excluding tert-OH is 1. The Hall–Kier alpha value is -1.99. The number of Topliss-reactive ketones (excluding diaryl/α,β-unsaturated/α-hetero) is 1. The fourth-order valence-electron chi connectivity index (χ4n) is 5.23. The molecule has 7 heteroatoms. The number of carbonyl (C=O) groups excluding carboxylic acids is 3. The molecule has 3 aliphatic carbocycles. The van der Waals surface area contributed by atoms with Crippen LogP contribution in [0, 0.1) is 11.3 Å². The van der Waals surface area contributed by atoms with E-state index < -0.39 is 25.4 Å². The molecule has 3 rings (SSSR count). The summed E-state index contributed by atoms with van der Waals surface area (Å²) in [6.45, 7) is 10.2. The molecule has 3 aliphatic rings. The molecule has 0 radical (unpaired) electrons. The normalized spacial score (nSPS) is 27.1. The molecule has 170 valence electrons. The standard InChI is InChI=1S/C24H34O6Si/c1-6-29-22(27)24(23(28)30-7-2)12-16-10-15-8-9-19(26)21(15)18(14-25)20(31(3,4)5)11-17(16)13-24/h11,15,25H,6-10,12-14H2,1-5H3/b20-11+,21-18+/t15-/m0/s1. The molecule has 0 aromatic heterocycles. The first kappa shape index (κ1) is 23.7. The van der Waals surface area contributed by atoms with Crippen LogP contribution in [0.15, 0.2) is 33.6 Å². The van der Waals surface area contributed by atoms with Crippen LogP contribution in [0.2, 0.25) is 19.6 Å². The Bertz CT molecular complexity index is 868. The second kappa shape index (κ2) is 8.86. The Morgan fingerprint density at radius 1 is 1.13 bits per heavy atom. The molecule has 0 bridgehead atoms. The molecule has 1 N–H and O–H groups in total. The number of esters is 2. The van der Waals surface area contributed by atoms with Gasteiger partial charge in [-0.2, -0.15) is 0 Å². The Morgan fingerprint density at radius 3 is 2.26 bits per heavy atom. The number of rotatable bonds is 6. The molecule has 0 spiro atoms. The van der Waals surface area contributed by atoms with Crippen LogP contribution in [0.1, 0.15) is 46.0 Å². The summed E-state index contributed by atoms with van der Waals surface area (Å²) in [5.74, 6) is -0.954. The summed E-state index contributed by atoms with van der Waals surface area (Å²) in [7, 11) is -1.95. The predicted octanol–water partition coefficient (Wildman–Crippen LogP) is 3.66. The fourth-order valence-corrected chi connectivity index (χ4v) is 6.96. The highest BCUT2D eigenvalue weighted by molar-refractivity contribution is 6.84. The van der Waals surface area contributed by atoms with Crippen LogP contribution in [-0.2, 0) is 23.9 Å². The van der Waals surface area contributed by atoms with Crippen molar-refractivity contribution in [3.63, 3.8) is 0 Å². The third-order valence-corrected chi connectivity index (χ3v) is 8.71. The lowest BCUT2D eigenvalue weighted by molar-refractivity contribution is -0.171. The summed E-state index contributed by atoms with van der Waals surface area (Å²) in [4.78, 5) is 38.8. The SMILES string of the molecule is CCOC(=O)C1(C(=O)OCC)CC2=C(C[C@@H]3CCC(=O)/C3=C(CO)/C([Si](C)(C)C)=C\2)C1. The number of allylic oxidation sites excluding steroid dienone is 4. The Labute approximate surface area is 185 Å². The molecule has 0 amide bonds. The van der Waals surface area contributed by atoms with Gasteiger partial charge in [0.2, 0.25) is 0 Å². The quantitative estimate of drug-likeness (QED) is 0.380. The lowest BCUT2D eigenvalue weighted by Gasteiger charge is -2.28. The van der Waals surface area contributed by atoms with Gasteiger partial charge in [-0.05, 0) is 56.6 Å². The first-order chi connectivity index (χ1) is 14.6. The van der Waals surface area contributed by atoms with Gasteiger partial charge in [-0.15, -0.1) is 0 Å². The highest BCUT2D eigenvalue weighted by Gasteiger charge is 2.54. The average Bonchev–Trinajstić information content (AvgIpc) is 3.22. The van der Waals surface area contributed by atoms with Crippen LogP contribution in [0.4, 0.5) is 0 Å². The minimum Gasteiger partial charge on any atom is -0.465 e. The van der Waals surface area contributed by atoms with Gasteiger partial charge in [0.15, 0.2) is 11.2 Å². The molecule has 1 atom stereocenters. The molecule has 1 saturated carbocycles. The van der Waals surface area contributed by atoms with E-state index in [2.05, 4.69) is 25.7 Å². The minimum absolute atomic E-state index is 0.0138. The summed E-state index contributed by atoms with van der Waals surface area (Å²) < 4.78 is 10.6. The smallest absolute Gasteiger partial charge is 0.324 e. The highest BCUT2D eigenvalue weighted by Crippen LogP contribution is 2.51. The van der Waals surface area contributed by atoms with Gasteiger partial charge < -0.3 is 14.6 Å². The number of fused-ring (bicyclic) bond motifs is 1. The molecular weight excluding hydrogens is 412 g/mol. The van der Waals surface area contributed by atoms with E-state index in [1.54, 1.807) is 13.8 Å². The predicted molar refractivity (Wildman–Crippen MR) is 120 cm³/mol. The summed E-state index contributed by atoms with van der Waals surface area (Å²) in [6, 6.07) is 0. The fraction of sp³-hybridized carbons (Fsp3) is 0.625. The first-order valence-electron chi connectivity index (χ1n) is 11.2. The van der Waals surface area contributed by atoms with E-state index in [4.69, 9.17) is 9.47 Å². The molecule has 0 heterocycles. The van der Waals surface area contributed by atoms with Crippen molar-refractivity contribution in [1.82, 2.24) is 0 Å². The van der Waals surface area contributed by atoms with E-state index in [0.29, 0.717) is 12.8 Å². The molecule has 0 aromatic rings. The number of ether oxygens (including phenoxy) is 2. The van der Waals surface area contributed by atoms with Gasteiger partial charge in [-0.3, -0.25) is 14.4 Å². The third-order valence-electron chi connectivity index (χ3n) is 6.65.